The molecule has 0 saturated heterocycles. The summed E-state index contributed by atoms with van der Waals surface area (Å²) in [6.07, 6.45) is 0.136. The molecule has 0 aromatic carbocycles. The number of sulfonamides is 1. The molecule has 0 spiro atoms. The van der Waals surface area contributed by atoms with Gasteiger partial charge in [-0.3, -0.25) is 0 Å². The van der Waals surface area contributed by atoms with Crippen LogP contribution in [0.3, 0.4) is 0 Å². The zero-order valence-corrected chi connectivity index (χ0v) is 12.8. The Morgan fingerprint density at radius 1 is 1.50 bits per heavy atom. The monoisotopic (exact) mass is 304 g/mol. The number of oxime groups is 1. The Morgan fingerprint density at radius 3 is 2.50 bits per heavy atom. The summed E-state index contributed by atoms with van der Waals surface area (Å²) in [6, 6.07) is -0.278. The first kappa shape index (κ1) is 16.4. The minimum Gasteiger partial charge on any atom is -0.409 e. The molecule has 114 valence electrons. The molecule has 0 aliphatic heterocycles. The lowest BCUT2D eigenvalue weighted by Crippen LogP contribution is -2.39. The first-order valence-electron chi connectivity index (χ1n) is 6.13. The zero-order chi connectivity index (χ0) is 15.5. The van der Waals surface area contributed by atoms with Crippen molar-refractivity contribution in [2.45, 2.75) is 45.1 Å². The second kappa shape index (κ2) is 6.23. The maximum atomic E-state index is 12.7. The lowest BCUT2D eigenvalue weighted by Gasteiger charge is -2.25. The third-order valence-electron chi connectivity index (χ3n) is 2.83. The molecule has 1 aromatic rings. The van der Waals surface area contributed by atoms with Crippen molar-refractivity contribution in [2.24, 2.45) is 10.9 Å². The lowest BCUT2D eigenvalue weighted by atomic mass is 10.3. The molecule has 0 atom stereocenters. The molecular formula is C11H20N4O4S. The van der Waals surface area contributed by atoms with Crippen molar-refractivity contribution in [1.29, 1.82) is 0 Å². The van der Waals surface area contributed by atoms with Crippen molar-refractivity contribution < 1.29 is 18.1 Å². The van der Waals surface area contributed by atoms with Crippen LogP contribution in [-0.2, 0) is 10.0 Å². The van der Waals surface area contributed by atoms with Crippen LogP contribution in [0.1, 0.15) is 31.7 Å². The summed E-state index contributed by atoms with van der Waals surface area (Å²) in [5, 5.41) is 15.0. The van der Waals surface area contributed by atoms with Gasteiger partial charge in [0.15, 0.2) is 5.76 Å². The minimum atomic E-state index is -3.74. The molecule has 0 aliphatic carbocycles. The van der Waals surface area contributed by atoms with Gasteiger partial charge in [-0.1, -0.05) is 10.3 Å². The highest BCUT2D eigenvalue weighted by atomic mass is 32.2. The number of nitrogens with zero attached hydrogens (tertiary/aromatic N) is 3. The number of hydrogen-bond donors (Lipinski definition) is 2. The highest BCUT2D eigenvalue weighted by Crippen LogP contribution is 2.24. The molecule has 0 unspecified atom stereocenters. The molecule has 0 fully saturated rings. The Labute approximate surface area is 118 Å². The van der Waals surface area contributed by atoms with Crippen LogP contribution < -0.4 is 5.73 Å². The molecule has 0 saturated carbocycles. The number of aromatic nitrogens is 1. The van der Waals surface area contributed by atoms with Gasteiger partial charge in [-0.05, 0) is 27.7 Å². The molecule has 8 nitrogen and oxygen atoms in total. The summed E-state index contributed by atoms with van der Waals surface area (Å²) in [5.41, 5.74) is 5.71. The minimum absolute atomic E-state index is 0.0235. The summed E-state index contributed by atoms with van der Waals surface area (Å²) in [4.78, 5) is 0.0747. The van der Waals surface area contributed by atoms with Crippen molar-refractivity contribution in [3.05, 3.63) is 11.5 Å². The van der Waals surface area contributed by atoms with Gasteiger partial charge in [-0.15, -0.1) is 0 Å². The number of aryl methyl sites for hydroxylation is 2. The molecule has 1 aromatic heterocycles. The Kier molecular flexibility index (Phi) is 5.12. The van der Waals surface area contributed by atoms with Gasteiger partial charge in [-0.25, -0.2) is 8.42 Å². The highest BCUT2D eigenvalue weighted by Gasteiger charge is 2.32. The van der Waals surface area contributed by atoms with E-state index in [0.29, 0.717) is 5.69 Å². The first-order valence-corrected chi connectivity index (χ1v) is 7.57. The average molecular weight is 304 g/mol. The van der Waals surface area contributed by atoms with E-state index < -0.39 is 10.0 Å². The van der Waals surface area contributed by atoms with E-state index in [1.165, 1.54) is 4.31 Å². The van der Waals surface area contributed by atoms with Gasteiger partial charge in [-0.2, -0.15) is 4.31 Å². The van der Waals surface area contributed by atoms with E-state index >= 15 is 0 Å². The Morgan fingerprint density at radius 2 is 2.10 bits per heavy atom. The van der Waals surface area contributed by atoms with Gasteiger partial charge in [0.1, 0.15) is 16.4 Å². The molecule has 0 bridgehead atoms. The van der Waals surface area contributed by atoms with Crippen molar-refractivity contribution in [2.75, 3.05) is 6.54 Å². The van der Waals surface area contributed by atoms with Crippen LogP contribution >= 0.6 is 0 Å². The number of amidine groups is 1. The second-order valence-electron chi connectivity index (χ2n) is 4.70. The summed E-state index contributed by atoms with van der Waals surface area (Å²) in [6.45, 7) is 6.74. The topological polar surface area (TPSA) is 122 Å². The van der Waals surface area contributed by atoms with Crippen LogP contribution in [0.15, 0.2) is 14.6 Å². The van der Waals surface area contributed by atoms with Crippen LogP contribution in [0, 0.1) is 13.8 Å². The van der Waals surface area contributed by atoms with E-state index in [9.17, 15) is 8.42 Å². The molecule has 1 rings (SSSR count). The van der Waals surface area contributed by atoms with Crippen LogP contribution in [0.4, 0.5) is 0 Å². The fraction of sp³-hybridized carbons (Fsp3) is 0.636. The molecule has 0 radical (unpaired) electrons. The predicted molar refractivity (Wildman–Crippen MR) is 73.0 cm³/mol. The number of nitrogens with two attached hydrogens (primary N) is 1. The van der Waals surface area contributed by atoms with E-state index in [4.69, 9.17) is 15.5 Å². The number of rotatable bonds is 6. The fourth-order valence-corrected chi connectivity index (χ4v) is 3.82. The van der Waals surface area contributed by atoms with Gasteiger partial charge in [0.25, 0.3) is 0 Å². The standard InChI is InChI=1S/C11H20N4O4S/c1-7(2)15(6-5-10(12)13-16)20(17,18)11-8(3)14-19-9(11)4/h7,16H,5-6H2,1-4H3,(H2,12,13). The predicted octanol–water partition coefficient (Wildman–Crippen LogP) is 0.827. The molecule has 0 aliphatic rings. The molecule has 0 amide bonds. The Hall–Kier alpha value is -1.61. The van der Waals surface area contributed by atoms with E-state index in [0.717, 1.165) is 0 Å². The highest BCUT2D eigenvalue weighted by molar-refractivity contribution is 7.89. The number of hydrogen-bond acceptors (Lipinski definition) is 6. The summed E-state index contributed by atoms with van der Waals surface area (Å²) < 4.78 is 31.5. The normalized spacial score (nSPS) is 13.4. The smallest absolute Gasteiger partial charge is 0.248 e. The molecular weight excluding hydrogens is 284 g/mol. The zero-order valence-electron chi connectivity index (χ0n) is 12.0. The molecule has 3 N–H and O–H groups in total. The quantitative estimate of drug-likeness (QED) is 0.347. The van der Waals surface area contributed by atoms with Crippen molar-refractivity contribution in [3.8, 4) is 0 Å². The van der Waals surface area contributed by atoms with Crippen LogP contribution in [0.25, 0.3) is 0 Å². The van der Waals surface area contributed by atoms with E-state index in [1.807, 2.05) is 0 Å². The van der Waals surface area contributed by atoms with Crippen LogP contribution in [-0.4, -0.2) is 41.5 Å². The van der Waals surface area contributed by atoms with E-state index in [-0.39, 0.29) is 35.5 Å². The van der Waals surface area contributed by atoms with Gasteiger partial charge in [0.05, 0.1) is 0 Å². The van der Waals surface area contributed by atoms with E-state index in [2.05, 4.69) is 10.3 Å². The summed E-state index contributed by atoms with van der Waals surface area (Å²) in [7, 11) is -3.74. The van der Waals surface area contributed by atoms with Crippen molar-refractivity contribution >= 4 is 15.9 Å². The summed E-state index contributed by atoms with van der Waals surface area (Å²) in [5.74, 6) is 0.224. The van der Waals surface area contributed by atoms with Gasteiger partial charge in [0, 0.05) is 19.0 Å². The maximum Gasteiger partial charge on any atom is 0.248 e. The van der Waals surface area contributed by atoms with E-state index in [1.54, 1.807) is 27.7 Å². The molecule has 1 heterocycles. The molecule has 20 heavy (non-hydrogen) atoms. The first-order chi connectivity index (χ1) is 9.21. The summed E-state index contributed by atoms with van der Waals surface area (Å²) >= 11 is 0. The maximum absolute atomic E-state index is 12.7. The van der Waals surface area contributed by atoms with Crippen molar-refractivity contribution in [1.82, 2.24) is 9.46 Å². The van der Waals surface area contributed by atoms with Crippen LogP contribution in [0.2, 0.25) is 0 Å². The van der Waals surface area contributed by atoms with Crippen molar-refractivity contribution in [3.63, 3.8) is 0 Å². The van der Waals surface area contributed by atoms with Gasteiger partial charge < -0.3 is 15.5 Å². The fourth-order valence-electron chi connectivity index (χ4n) is 1.89. The SMILES string of the molecule is Cc1noc(C)c1S(=O)(=O)N(CCC(N)=NO)C(C)C. The van der Waals surface area contributed by atoms with Crippen LogP contribution in [0.5, 0.6) is 0 Å². The Bertz CT molecular complexity index is 572. The Balaban J connectivity index is 3.14. The van der Waals surface area contributed by atoms with Gasteiger partial charge in [0.2, 0.25) is 10.0 Å². The third-order valence-corrected chi connectivity index (χ3v) is 5.15. The lowest BCUT2D eigenvalue weighted by molar-refractivity contribution is 0.313. The molecule has 9 heteroatoms. The average Bonchev–Trinajstić information content (AvgIpc) is 2.68. The van der Waals surface area contributed by atoms with Gasteiger partial charge >= 0.3 is 0 Å². The second-order valence-corrected chi connectivity index (χ2v) is 6.53. The largest absolute Gasteiger partial charge is 0.409 e. The third kappa shape index (κ3) is 3.28.